The predicted octanol–water partition coefficient (Wildman–Crippen LogP) is 8.62. The van der Waals surface area contributed by atoms with Gasteiger partial charge in [-0.05, 0) is 82.1 Å². The van der Waals surface area contributed by atoms with E-state index in [1.165, 1.54) is 23.5 Å². The van der Waals surface area contributed by atoms with Crippen LogP contribution in [-0.2, 0) is 22.7 Å². The summed E-state index contributed by atoms with van der Waals surface area (Å²) in [6, 6.07) is 26.6. The molecule has 1 atom stereocenters. The lowest BCUT2D eigenvalue weighted by atomic mass is 10.2. The van der Waals surface area contributed by atoms with E-state index in [0.29, 0.717) is 0 Å². The van der Waals surface area contributed by atoms with Gasteiger partial charge in [-0.15, -0.1) is 20.4 Å². The Bertz CT molecular complexity index is 2050. The summed E-state index contributed by atoms with van der Waals surface area (Å²) >= 11 is 2.91. The molecule has 278 valence electrons. The van der Waals surface area contributed by atoms with E-state index in [1.807, 2.05) is 117 Å². The molecule has 0 spiro atoms. The summed E-state index contributed by atoms with van der Waals surface area (Å²) in [4.78, 5) is 33.3. The monoisotopic (exact) mass is 752 g/mol. The highest BCUT2D eigenvalue weighted by molar-refractivity contribution is 8.01. The normalized spacial score (nSPS) is 13.0. The molecule has 12 nitrogen and oxygen atoms in total. The van der Waals surface area contributed by atoms with Crippen molar-refractivity contribution in [3.05, 3.63) is 110 Å². The van der Waals surface area contributed by atoms with Crippen LogP contribution in [0.4, 0.5) is 11.4 Å². The van der Waals surface area contributed by atoms with Gasteiger partial charge in [0.1, 0.15) is 4.75 Å². The summed E-state index contributed by atoms with van der Waals surface area (Å²) in [5.41, 5.74) is 3.53. The van der Waals surface area contributed by atoms with Crippen LogP contribution in [0, 0.1) is 0 Å². The van der Waals surface area contributed by atoms with Gasteiger partial charge in [0.05, 0.1) is 5.25 Å². The van der Waals surface area contributed by atoms with Gasteiger partial charge in [-0.2, -0.15) is 0 Å². The Morgan fingerprint density at radius 2 is 1.15 bits per heavy atom. The van der Waals surface area contributed by atoms with Gasteiger partial charge in [0.25, 0.3) is 0 Å². The third-order valence-corrected chi connectivity index (χ3v) is 10.6. The molecule has 0 saturated heterocycles. The van der Waals surface area contributed by atoms with Crippen LogP contribution in [0.3, 0.4) is 0 Å². The second kappa shape index (κ2) is 18.9. The minimum atomic E-state index is -0.453. The summed E-state index contributed by atoms with van der Waals surface area (Å²) in [6.07, 6.45) is 8.63. The fourth-order valence-electron chi connectivity index (χ4n) is 5.15. The first-order valence-corrected chi connectivity index (χ1v) is 19.4. The van der Waals surface area contributed by atoms with Gasteiger partial charge in [-0.25, -0.2) is 0 Å². The number of thioether (sulfide) groups is 2. The highest BCUT2D eigenvalue weighted by Gasteiger charge is 2.52. The Morgan fingerprint density at radius 1 is 0.698 bits per heavy atom. The van der Waals surface area contributed by atoms with Gasteiger partial charge in [-0.3, -0.25) is 19.6 Å². The zero-order valence-corrected chi connectivity index (χ0v) is 32.1. The Balaban J connectivity index is 0.000000273. The molecule has 1 unspecified atom stereocenters. The van der Waals surface area contributed by atoms with Crippen LogP contribution in [0.15, 0.2) is 120 Å². The Hall–Kier alpha value is -5.34. The molecule has 53 heavy (non-hydrogen) atoms. The lowest BCUT2D eigenvalue weighted by molar-refractivity contribution is -0.116. The quantitative estimate of drug-likeness (QED) is 0.117. The fraction of sp³-hybridized carbons (Fsp3) is 0.282. The van der Waals surface area contributed by atoms with Crippen molar-refractivity contribution in [2.24, 2.45) is 0 Å². The number of carbonyl (C=O) groups is 2. The van der Waals surface area contributed by atoms with Crippen molar-refractivity contribution in [3.8, 4) is 22.8 Å². The summed E-state index contributed by atoms with van der Waals surface area (Å²) < 4.78 is 3.60. The smallest absolute Gasteiger partial charge is 0.241 e. The van der Waals surface area contributed by atoms with Crippen LogP contribution in [0.2, 0.25) is 0 Å². The van der Waals surface area contributed by atoms with Crippen LogP contribution in [0.1, 0.15) is 50.3 Å². The van der Waals surface area contributed by atoms with E-state index in [-0.39, 0.29) is 19.9 Å². The molecule has 1 aliphatic rings. The largest absolute Gasteiger partial charge is 0.325 e. The van der Waals surface area contributed by atoms with E-state index in [4.69, 9.17) is 0 Å². The molecule has 0 aliphatic heterocycles. The van der Waals surface area contributed by atoms with E-state index in [0.717, 1.165) is 70.4 Å². The first-order valence-electron chi connectivity index (χ1n) is 17.7. The number of nitrogens with one attached hydrogen (secondary N) is 2. The maximum absolute atomic E-state index is 12.8. The number of hydrogen-bond acceptors (Lipinski definition) is 10. The molecule has 7 rings (SSSR count). The first-order chi connectivity index (χ1) is 25.9. The number of anilines is 2. The Kier molecular flexibility index (Phi) is 13.9. The van der Waals surface area contributed by atoms with Crippen molar-refractivity contribution >= 4 is 46.7 Å². The molecule has 2 amide bonds. The molecule has 2 N–H and O–H groups in total. The van der Waals surface area contributed by atoms with E-state index < -0.39 is 4.75 Å². The van der Waals surface area contributed by atoms with E-state index in [1.54, 1.807) is 24.8 Å². The second-order valence-corrected chi connectivity index (χ2v) is 14.3. The highest BCUT2D eigenvalue weighted by atomic mass is 32.2. The van der Waals surface area contributed by atoms with Crippen molar-refractivity contribution in [2.75, 3.05) is 10.6 Å². The fourth-order valence-corrected chi connectivity index (χ4v) is 7.27. The average Bonchev–Trinajstić information content (AvgIpc) is 3.72. The molecule has 1 saturated carbocycles. The molecular weight excluding hydrogens is 705 g/mol. The third-order valence-electron chi connectivity index (χ3n) is 8.07. The summed E-state index contributed by atoms with van der Waals surface area (Å²) in [5.74, 6) is 1.55. The molecule has 4 aromatic heterocycles. The lowest BCUT2D eigenvalue weighted by Gasteiger charge is -2.15. The van der Waals surface area contributed by atoms with Crippen molar-refractivity contribution < 1.29 is 12.4 Å². The molecular formula is C39H48N10O2S2. The maximum atomic E-state index is 12.8. The maximum Gasteiger partial charge on any atom is 0.241 e. The van der Waals surface area contributed by atoms with Crippen molar-refractivity contribution in [3.63, 3.8) is 0 Å². The standard InChI is InChI=1S/C19H19N5OS.C18H19N5OS.C2H6.2H2/c1-2-24-16(14-8-12-20-13-9-14)22-23-18(24)26-19(10-11-19)17(25)21-15-6-4-3-5-7-15;1-3-23-16(14-9-11-19-12-10-14)21-22-18(23)25-13(2)17(24)20-15-7-5-4-6-8-15;1-2;;/h3-9,12-13H,2,10-11H2,1H3,(H,21,25);4-13H,3H2,1-2H3,(H,20,24);1-2H3;2*1H. The van der Waals surface area contributed by atoms with E-state index in [2.05, 4.69) is 52.5 Å². The minimum absolute atomic E-state index is 0. The van der Waals surface area contributed by atoms with Crippen LogP contribution in [0.5, 0.6) is 0 Å². The van der Waals surface area contributed by atoms with Crippen LogP contribution in [0.25, 0.3) is 22.8 Å². The van der Waals surface area contributed by atoms with Gasteiger partial charge in [0.15, 0.2) is 22.0 Å². The average molecular weight is 753 g/mol. The van der Waals surface area contributed by atoms with Gasteiger partial charge in [0.2, 0.25) is 11.8 Å². The zero-order chi connectivity index (χ0) is 37.6. The second-order valence-electron chi connectivity index (χ2n) is 11.6. The van der Waals surface area contributed by atoms with E-state index >= 15 is 0 Å². The van der Waals surface area contributed by atoms with Gasteiger partial charge >= 0.3 is 0 Å². The van der Waals surface area contributed by atoms with Gasteiger partial charge in [0, 0.05) is 63.2 Å². The number of carbonyl (C=O) groups excluding carboxylic acids is 2. The number of benzene rings is 2. The van der Waals surface area contributed by atoms with E-state index in [9.17, 15) is 9.59 Å². The van der Waals surface area contributed by atoms with Gasteiger partial charge < -0.3 is 19.8 Å². The summed E-state index contributed by atoms with van der Waals surface area (Å²) in [7, 11) is 0. The molecule has 6 aromatic rings. The first kappa shape index (κ1) is 38.9. The molecule has 14 heteroatoms. The molecule has 1 fully saturated rings. The minimum Gasteiger partial charge on any atom is -0.325 e. The highest BCUT2D eigenvalue weighted by Crippen LogP contribution is 2.52. The topological polar surface area (TPSA) is 145 Å². The van der Waals surface area contributed by atoms with Crippen LogP contribution in [-0.4, -0.2) is 61.3 Å². The number of pyridine rings is 2. The number of amides is 2. The molecule has 0 bridgehead atoms. The number of hydrogen-bond donors (Lipinski definition) is 2. The lowest BCUT2D eigenvalue weighted by Crippen LogP contribution is -2.27. The van der Waals surface area contributed by atoms with Crippen LogP contribution < -0.4 is 10.6 Å². The molecule has 0 radical (unpaired) electrons. The van der Waals surface area contributed by atoms with Crippen molar-refractivity contribution in [1.29, 1.82) is 0 Å². The molecule has 2 aromatic carbocycles. The summed E-state index contributed by atoms with van der Waals surface area (Å²) in [6.45, 7) is 11.4. The number of nitrogens with zero attached hydrogens (tertiary/aromatic N) is 8. The Labute approximate surface area is 321 Å². The van der Waals surface area contributed by atoms with Crippen molar-refractivity contribution in [2.45, 2.75) is 80.9 Å². The van der Waals surface area contributed by atoms with Gasteiger partial charge in [-0.1, -0.05) is 73.8 Å². The molecule has 1 aliphatic carbocycles. The number of rotatable bonds is 12. The molecule has 4 heterocycles. The SMILES string of the molecule is CC.CCn1c(SC(C)C(=O)Nc2ccccc2)nnc1-c1ccncc1.CCn1c(SC2(C(=O)Nc3ccccc3)CC2)nnc1-c1ccncc1.[HH].[HH]. The number of aromatic nitrogens is 8. The Morgan fingerprint density at radius 3 is 1.62 bits per heavy atom. The number of para-hydroxylation sites is 2. The van der Waals surface area contributed by atoms with Crippen molar-refractivity contribution in [1.82, 2.24) is 39.5 Å². The van der Waals surface area contributed by atoms with Crippen LogP contribution >= 0.6 is 23.5 Å². The third kappa shape index (κ3) is 9.96. The zero-order valence-electron chi connectivity index (χ0n) is 30.5. The predicted molar refractivity (Wildman–Crippen MR) is 217 cm³/mol. The summed E-state index contributed by atoms with van der Waals surface area (Å²) in [5, 5.41) is 24.4.